The van der Waals surface area contributed by atoms with E-state index >= 15 is 0 Å². The van der Waals surface area contributed by atoms with E-state index in [-0.39, 0.29) is 0 Å². The fourth-order valence-corrected chi connectivity index (χ4v) is 2.49. The van der Waals surface area contributed by atoms with Crippen LogP contribution in [0.3, 0.4) is 0 Å². The summed E-state index contributed by atoms with van der Waals surface area (Å²) < 4.78 is 0. The molecule has 0 amide bonds. The topological polar surface area (TPSA) is 35.8 Å². The van der Waals surface area contributed by atoms with E-state index < -0.39 is 5.54 Å². The summed E-state index contributed by atoms with van der Waals surface area (Å²) in [5, 5.41) is 12.9. The lowest BCUT2D eigenvalue weighted by Crippen LogP contribution is -2.40. The van der Waals surface area contributed by atoms with Crippen LogP contribution in [0.2, 0.25) is 0 Å². The van der Waals surface area contributed by atoms with Gasteiger partial charge in [0.2, 0.25) is 0 Å². The van der Waals surface area contributed by atoms with E-state index in [9.17, 15) is 5.26 Å². The van der Waals surface area contributed by atoms with Gasteiger partial charge in [0, 0.05) is 6.04 Å². The fraction of sp³-hybridized carbons (Fsp3) is 0.462. The number of hydrogen-bond acceptors (Lipinski definition) is 2. The zero-order chi connectivity index (χ0) is 10.3. The number of hydrogen-bond donors (Lipinski definition) is 1. The zero-order valence-electron chi connectivity index (χ0n) is 8.66. The molecule has 15 heavy (non-hydrogen) atoms. The second-order valence-corrected chi connectivity index (χ2v) is 4.59. The van der Waals surface area contributed by atoms with Crippen molar-refractivity contribution in [2.24, 2.45) is 0 Å². The lowest BCUT2D eigenvalue weighted by Gasteiger charge is -2.23. The van der Waals surface area contributed by atoms with Crippen LogP contribution in [-0.4, -0.2) is 6.04 Å². The van der Waals surface area contributed by atoms with Crippen LogP contribution in [0.5, 0.6) is 0 Å². The summed E-state index contributed by atoms with van der Waals surface area (Å²) in [7, 11) is 0. The Morgan fingerprint density at radius 3 is 2.87 bits per heavy atom. The molecule has 2 aliphatic carbocycles. The van der Waals surface area contributed by atoms with Crippen LogP contribution in [0.15, 0.2) is 24.3 Å². The SMILES string of the molecule is N#CC1(NC2CC2)CCc2ccccc21. The molecule has 1 aromatic carbocycles. The van der Waals surface area contributed by atoms with Gasteiger partial charge in [-0.2, -0.15) is 5.26 Å². The van der Waals surface area contributed by atoms with Crippen LogP contribution in [0.25, 0.3) is 0 Å². The molecule has 3 rings (SSSR count). The predicted molar refractivity (Wildman–Crippen MR) is 58.2 cm³/mol. The van der Waals surface area contributed by atoms with Gasteiger partial charge >= 0.3 is 0 Å². The van der Waals surface area contributed by atoms with Crippen molar-refractivity contribution in [1.82, 2.24) is 5.32 Å². The number of nitrogens with zero attached hydrogens (tertiary/aromatic N) is 1. The van der Waals surface area contributed by atoms with Crippen LogP contribution in [0, 0.1) is 11.3 Å². The van der Waals surface area contributed by atoms with Gasteiger partial charge in [0.25, 0.3) is 0 Å². The van der Waals surface area contributed by atoms with Gasteiger partial charge in [0.1, 0.15) is 5.54 Å². The van der Waals surface area contributed by atoms with Gasteiger partial charge in [0.15, 0.2) is 0 Å². The summed E-state index contributed by atoms with van der Waals surface area (Å²) in [6, 6.07) is 11.4. The van der Waals surface area contributed by atoms with Gasteiger partial charge in [0.05, 0.1) is 6.07 Å². The average molecular weight is 198 g/mol. The Balaban J connectivity index is 2.01. The Morgan fingerprint density at radius 2 is 2.13 bits per heavy atom. The van der Waals surface area contributed by atoms with Gasteiger partial charge in [-0.3, -0.25) is 5.32 Å². The highest BCUT2D eigenvalue weighted by atomic mass is 15.0. The van der Waals surface area contributed by atoms with Crippen LogP contribution in [-0.2, 0) is 12.0 Å². The first-order valence-corrected chi connectivity index (χ1v) is 5.61. The molecule has 2 aliphatic rings. The summed E-state index contributed by atoms with van der Waals surface area (Å²) in [4.78, 5) is 0. The molecule has 1 N–H and O–H groups in total. The minimum absolute atomic E-state index is 0.391. The monoisotopic (exact) mass is 198 g/mol. The Morgan fingerprint density at radius 1 is 1.33 bits per heavy atom. The van der Waals surface area contributed by atoms with Crippen molar-refractivity contribution in [3.8, 4) is 6.07 Å². The van der Waals surface area contributed by atoms with E-state index in [1.165, 1.54) is 24.0 Å². The maximum atomic E-state index is 9.43. The van der Waals surface area contributed by atoms with Crippen molar-refractivity contribution < 1.29 is 0 Å². The number of rotatable bonds is 2. The number of benzene rings is 1. The van der Waals surface area contributed by atoms with Crippen molar-refractivity contribution in [2.75, 3.05) is 0 Å². The van der Waals surface area contributed by atoms with E-state index in [1.54, 1.807) is 0 Å². The molecule has 0 heterocycles. The summed E-state index contributed by atoms with van der Waals surface area (Å²) in [5.74, 6) is 0. The van der Waals surface area contributed by atoms with Gasteiger partial charge < -0.3 is 0 Å². The first-order valence-electron chi connectivity index (χ1n) is 5.61. The molecule has 0 aliphatic heterocycles. The number of fused-ring (bicyclic) bond motifs is 1. The molecule has 0 aromatic heterocycles. The molecular weight excluding hydrogens is 184 g/mol. The number of nitrogens with one attached hydrogen (secondary N) is 1. The summed E-state index contributed by atoms with van der Waals surface area (Å²) in [6.07, 6.45) is 4.42. The van der Waals surface area contributed by atoms with E-state index in [4.69, 9.17) is 0 Å². The van der Waals surface area contributed by atoms with Crippen molar-refractivity contribution >= 4 is 0 Å². The number of aryl methyl sites for hydroxylation is 1. The second-order valence-electron chi connectivity index (χ2n) is 4.59. The number of nitriles is 1. The highest BCUT2D eigenvalue weighted by Gasteiger charge is 2.42. The van der Waals surface area contributed by atoms with Crippen molar-refractivity contribution in [1.29, 1.82) is 5.26 Å². The highest BCUT2D eigenvalue weighted by molar-refractivity contribution is 5.43. The third-order valence-corrected chi connectivity index (χ3v) is 3.47. The molecule has 0 saturated heterocycles. The molecular formula is C13H14N2. The van der Waals surface area contributed by atoms with Crippen LogP contribution in [0.4, 0.5) is 0 Å². The quantitative estimate of drug-likeness (QED) is 0.790. The summed E-state index contributed by atoms with van der Waals surface area (Å²) >= 11 is 0. The fourth-order valence-electron chi connectivity index (χ4n) is 2.49. The molecule has 1 atom stereocenters. The molecule has 0 radical (unpaired) electrons. The predicted octanol–water partition coefficient (Wildman–Crippen LogP) is 2.10. The molecule has 76 valence electrons. The maximum absolute atomic E-state index is 9.43. The largest absolute Gasteiger partial charge is 0.293 e. The second kappa shape index (κ2) is 3.08. The molecule has 2 heteroatoms. The van der Waals surface area contributed by atoms with Crippen LogP contribution in [0.1, 0.15) is 30.4 Å². The first-order chi connectivity index (χ1) is 7.34. The van der Waals surface area contributed by atoms with Crippen LogP contribution < -0.4 is 5.32 Å². The Labute approximate surface area is 89.9 Å². The molecule has 2 nitrogen and oxygen atoms in total. The highest BCUT2D eigenvalue weighted by Crippen LogP contribution is 2.38. The van der Waals surface area contributed by atoms with Gasteiger partial charge in [-0.1, -0.05) is 24.3 Å². The van der Waals surface area contributed by atoms with E-state index in [0.717, 1.165) is 12.8 Å². The van der Waals surface area contributed by atoms with Gasteiger partial charge in [-0.15, -0.1) is 0 Å². The smallest absolute Gasteiger partial charge is 0.133 e. The Kier molecular flexibility index (Phi) is 1.83. The van der Waals surface area contributed by atoms with Gasteiger partial charge in [-0.05, 0) is 36.8 Å². The van der Waals surface area contributed by atoms with Crippen molar-refractivity contribution in [3.63, 3.8) is 0 Å². The normalized spacial score (nSPS) is 28.5. The summed E-state index contributed by atoms with van der Waals surface area (Å²) in [6.45, 7) is 0. The van der Waals surface area contributed by atoms with Crippen molar-refractivity contribution in [2.45, 2.75) is 37.3 Å². The third-order valence-electron chi connectivity index (χ3n) is 3.47. The minimum Gasteiger partial charge on any atom is -0.293 e. The van der Waals surface area contributed by atoms with Gasteiger partial charge in [-0.25, -0.2) is 0 Å². The Bertz CT molecular complexity index is 428. The van der Waals surface area contributed by atoms with E-state index in [0.29, 0.717) is 6.04 Å². The average Bonchev–Trinajstić information content (AvgIpc) is 3.01. The standard InChI is InChI=1S/C13H14N2/c14-9-13(15-11-5-6-11)8-7-10-3-1-2-4-12(10)13/h1-4,11,15H,5-8H2. The van der Waals surface area contributed by atoms with Crippen molar-refractivity contribution in [3.05, 3.63) is 35.4 Å². The van der Waals surface area contributed by atoms with Crippen LogP contribution >= 0.6 is 0 Å². The molecule has 1 saturated carbocycles. The van der Waals surface area contributed by atoms with E-state index in [2.05, 4.69) is 29.6 Å². The molecule has 1 fully saturated rings. The third kappa shape index (κ3) is 1.35. The lowest BCUT2D eigenvalue weighted by molar-refractivity contribution is 0.421. The summed E-state index contributed by atoms with van der Waals surface area (Å²) in [5.41, 5.74) is 2.16. The molecule has 1 unspecified atom stereocenters. The zero-order valence-corrected chi connectivity index (χ0v) is 8.66. The maximum Gasteiger partial charge on any atom is 0.133 e. The molecule has 0 spiro atoms. The van der Waals surface area contributed by atoms with E-state index in [1.807, 2.05) is 6.07 Å². The molecule has 0 bridgehead atoms. The lowest BCUT2D eigenvalue weighted by atomic mass is 9.93. The first kappa shape index (κ1) is 8.94. The minimum atomic E-state index is -0.391. The molecule has 1 aromatic rings. The Hall–Kier alpha value is -1.33.